The van der Waals surface area contributed by atoms with E-state index in [9.17, 15) is 14.7 Å². The molecule has 5 nitrogen and oxygen atoms in total. The lowest BCUT2D eigenvalue weighted by Crippen LogP contribution is -2.25. The molecule has 0 aromatic rings. The SMILES string of the molecule is CCCCCCCC/C=C\CCCCCCCCCCCCCC(=O)OC[C@H](O)COC(=O)CCCCCCCCCCCCCCCCCCCCC. The summed E-state index contributed by atoms with van der Waals surface area (Å²) in [6, 6.07) is 0. The quantitative estimate of drug-likeness (QED) is 0.0380. The zero-order chi connectivity index (χ0) is 39.3. The summed E-state index contributed by atoms with van der Waals surface area (Å²) in [5.74, 6) is -0.549. The molecular formula is C49H94O5. The third-order valence-electron chi connectivity index (χ3n) is 11.0. The van der Waals surface area contributed by atoms with E-state index in [0.717, 1.165) is 32.1 Å². The van der Waals surface area contributed by atoms with Crippen molar-refractivity contribution in [3.63, 3.8) is 0 Å². The first-order chi connectivity index (χ1) is 26.6. The first kappa shape index (κ1) is 52.6. The van der Waals surface area contributed by atoms with Crippen LogP contribution in [0.4, 0.5) is 0 Å². The predicted molar refractivity (Wildman–Crippen MR) is 233 cm³/mol. The normalized spacial score (nSPS) is 12.1. The Kier molecular flexibility index (Phi) is 44.9. The van der Waals surface area contributed by atoms with Crippen LogP contribution in [-0.4, -0.2) is 36.4 Å². The van der Waals surface area contributed by atoms with E-state index in [-0.39, 0.29) is 25.2 Å². The fraction of sp³-hybridized carbons (Fsp3) is 0.918. The number of unbranched alkanes of at least 4 members (excludes halogenated alkanes) is 35. The fourth-order valence-electron chi connectivity index (χ4n) is 7.32. The summed E-state index contributed by atoms with van der Waals surface area (Å²) in [6.07, 6.45) is 54.3. The van der Waals surface area contributed by atoms with E-state index < -0.39 is 6.10 Å². The molecule has 0 fully saturated rings. The number of carbonyl (C=O) groups excluding carboxylic acids is 2. The summed E-state index contributed by atoms with van der Waals surface area (Å²) in [4.78, 5) is 24.1. The predicted octanol–water partition coefficient (Wildman–Crippen LogP) is 15.6. The van der Waals surface area contributed by atoms with Crippen molar-refractivity contribution in [2.24, 2.45) is 0 Å². The molecule has 0 heterocycles. The summed E-state index contributed by atoms with van der Waals surface area (Å²) in [5, 5.41) is 10.1. The number of esters is 2. The van der Waals surface area contributed by atoms with Crippen molar-refractivity contribution in [2.75, 3.05) is 13.2 Å². The van der Waals surface area contributed by atoms with Crippen LogP contribution < -0.4 is 0 Å². The summed E-state index contributed by atoms with van der Waals surface area (Å²) in [5.41, 5.74) is 0. The van der Waals surface area contributed by atoms with E-state index in [4.69, 9.17) is 9.47 Å². The highest BCUT2D eigenvalue weighted by atomic mass is 16.6. The van der Waals surface area contributed by atoms with Gasteiger partial charge >= 0.3 is 11.9 Å². The molecule has 0 radical (unpaired) electrons. The molecular weight excluding hydrogens is 669 g/mol. The average molecular weight is 763 g/mol. The van der Waals surface area contributed by atoms with Crippen molar-refractivity contribution in [3.05, 3.63) is 12.2 Å². The monoisotopic (exact) mass is 763 g/mol. The Morgan fingerprint density at radius 1 is 0.370 bits per heavy atom. The molecule has 0 aliphatic carbocycles. The number of aliphatic hydroxyl groups is 1. The van der Waals surface area contributed by atoms with E-state index in [1.165, 1.54) is 212 Å². The van der Waals surface area contributed by atoms with Crippen molar-refractivity contribution in [2.45, 2.75) is 277 Å². The highest BCUT2D eigenvalue weighted by Crippen LogP contribution is 2.16. The Morgan fingerprint density at radius 3 is 0.852 bits per heavy atom. The van der Waals surface area contributed by atoms with Crippen LogP contribution in [0.3, 0.4) is 0 Å². The van der Waals surface area contributed by atoms with Crippen LogP contribution in [0.5, 0.6) is 0 Å². The van der Waals surface area contributed by atoms with Crippen LogP contribution in [0.25, 0.3) is 0 Å². The zero-order valence-electron chi connectivity index (χ0n) is 36.5. The fourth-order valence-corrected chi connectivity index (χ4v) is 7.32. The third-order valence-corrected chi connectivity index (χ3v) is 11.0. The Morgan fingerprint density at radius 2 is 0.593 bits per heavy atom. The van der Waals surface area contributed by atoms with Gasteiger partial charge in [0.25, 0.3) is 0 Å². The van der Waals surface area contributed by atoms with Crippen LogP contribution in [0, 0.1) is 0 Å². The third kappa shape index (κ3) is 45.0. The van der Waals surface area contributed by atoms with Crippen molar-refractivity contribution in [1.29, 1.82) is 0 Å². The van der Waals surface area contributed by atoms with Crippen LogP contribution in [-0.2, 0) is 19.1 Å². The molecule has 0 unspecified atom stereocenters. The number of allylic oxidation sites excluding steroid dienone is 2. The Balaban J connectivity index is 3.36. The maximum atomic E-state index is 12.0. The van der Waals surface area contributed by atoms with E-state index in [1.807, 2.05) is 0 Å². The lowest BCUT2D eigenvalue weighted by atomic mass is 10.0. The van der Waals surface area contributed by atoms with Gasteiger partial charge in [-0.3, -0.25) is 9.59 Å². The molecule has 1 atom stereocenters. The molecule has 0 aromatic heterocycles. The van der Waals surface area contributed by atoms with Crippen LogP contribution in [0.1, 0.15) is 271 Å². The van der Waals surface area contributed by atoms with Crippen LogP contribution >= 0.6 is 0 Å². The molecule has 0 aliphatic heterocycles. The van der Waals surface area contributed by atoms with Gasteiger partial charge in [-0.15, -0.1) is 0 Å². The molecule has 0 amide bonds. The molecule has 320 valence electrons. The van der Waals surface area contributed by atoms with Gasteiger partial charge in [0, 0.05) is 12.8 Å². The maximum Gasteiger partial charge on any atom is 0.305 e. The van der Waals surface area contributed by atoms with Crippen LogP contribution in [0.2, 0.25) is 0 Å². The van der Waals surface area contributed by atoms with Crippen molar-refractivity contribution >= 4 is 11.9 Å². The molecule has 0 saturated heterocycles. The second-order valence-electron chi connectivity index (χ2n) is 16.6. The molecule has 0 aromatic carbocycles. The number of carbonyl (C=O) groups is 2. The summed E-state index contributed by atoms with van der Waals surface area (Å²) < 4.78 is 10.4. The number of hydrogen-bond donors (Lipinski definition) is 1. The van der Waals surface area contributed by atoms with Gasteiger partial charge in [0.05, 0.1) is 0 Å². The van der Waals surface area contributed by atoms with Gasteiger partial charge < -0.3 is 14.6 Å². The molecule has 0 bridgehead atoms. The van der Waals surface area contributed by atoms with Crippen LogP contribution in [0.15, 0.2) is 12.2 Å². The van der Waals surface area contributed by atoms with Crippen molar-refractivity contribution in [1.82, 2.24) is 0 Å². The summed E-state index contributed by atoms with van der Waals surface area (Å²) in [6.45, 7) is 4.34. The highest BCUT2D eigenvalue weighted by molar-refractivity contribution is 5.69. The minimum atomic E-state index is -0.959. The van der Waals surface area contributed by atoms with Crippen molar-refractivity contribution in [3.8, 4) is 0 Å². The standard InChI is InChI=1S/C49H94O5/c1-3-5-7-9-11-13-15-17-19-21-23-24-26-28-30-32-34-36-38-40-42-44-49(52)54-46-47(50)45-53-48(51)43-41-39-37-35-33-31-29-27-25-22-20-18-16-14-12-10-8-6-4-2/h17,19,47,50H,3-16,18,20-46H2,1-2H3/b19-17-/t47-/m1/s1. The molecule has 1 N–H and O–H groups in total. The Labute approximate surface area is 337 Å². The zero-order valence-corrected chi connectivity index (χ0v) is 36.5. The van der Waals surface area contributed by atoms with Gasteiger partial charge in [0.2, 0.25) is 0 Å². The Hall–Kier alpha value is -1.36. The molecule has 0 spiro atoms. The molecule has 0 saturated carbocycles. The molecule has 5 heteroatoms. The Bertz CT molecular complexity index is 780. The van der Waals surface area contributed by atoms with Gasteiger partial charge in [-0.2, -0.15) is 0 Å². The van der Waals surface area contributed by atoms with Gasteiger partial charge in [-0.1, -0.05) is 231 Å². The van der Waals surface area contributed by atoms with E-state index in [0.29, 0.717) is 12.8 Å². The maximum absolute atomic E-state index is 12.0. The topological polar surface area (TPSA) is 72.8 Å². The number of hydrogen-bond acceptors (Lipinski definition) is 5. The molecule has 54 heavy (non-hydrogen) atoms. The lowest BCUT2D eigenvalue weighted by Gasteiger charge is -2.12. The number of rotatable bonds is 45. The minimum Gasteiger partial charge on any atom is -0.463 e. The summed E-state index contributed by atoms with van der Waals surface area (Å²) >= 11 is 0. The smallest absolute Gasteiger partial charge is 0.305 e. The van der Waals surface area contributed by atoms with Gasteiger partial charge in [0.15, 0.2) is 0 Å². The minimum absolute atomic E-state index is 0.109. The molecule has 0 rings (SSSR count). The van der Waals surface area contributed by atoms with Gasteiger partial charge in [-0.25, -0.2) is 0 Å². The average Bonchev–Trinajstić information content (AvgIpc) is 3.17. The molecule has 0 aliphatic rings. The highest BCUT2D eigenvalue weighted by Gasteiger charge is 2.12. The first-order valence-electron chi connectivity index (χ1n) is 24.2. The van der Waals surface area contributed by atoms with Gasteiger partial charge in [-0.05, 0) is 38.5 Å². The first-order valence-corrected chi connectivity index (χ1v) is 24.2. The van der Waals surface area contributed by atoms with Gasteiger partial charge in [0.1, 0.15) is 19.3 Å². The number of aliphatic hydroxyl groups excluding tert-OH is 1. The number of ether oxygens (including phenoxy) is 2. The van der Waals surface area contributed by atoms with E-state index >= 15 is 0 Å². The van der Waals surface area contributed by atoms with E-state index in [1.54, 1.807) is 0 Å². The second-order valence-corrected chi connectivity index (χ2v) is 16.6. The van der Waals surface area contributed by atoms with Crippen molar-refractivity contribution < 1.29 is 24.2 Å². The van der Waals surface area contributed by atoms with E-state index in [2.05, 4.69) is 26.0 Å². The summed E-state index contributed by atoms with van der Waals surface area (Å²) in [7, 11) is 0. The lowest BCUT2D eigenvalue weighted by molar-refractivity contribution is -0.152. The largest absolute Gasteiger partial charge is 0.463 e. The second kappa shape index (κ2) is 46.0.